The number of aromatic nitrogens is 4. The molecular formula is C19H15F2N5O. The normalized spacial score (nSPS) is 11.1. The number of halogens is 2. The van der Waals surface area contributed by atoms with E-state index >= 15 is 0 Å². The lowest BCUT2D eigenvalue weighted by Gasteiger charge is -2.06. The van der Waals surface area contributed by atoms with Gasteiger partial charge in [-0.05, 0) is 43.2 Å². The topological polar surface area (TPSA) is 86.5 Å². The van der Waals surface area contributed by atoms with Crippen molar-refractivity contribution in [2.75, 3.05) is 5.32 Å². The Morgan fingerprint density at radius 1 is 1.15 bits per heavy atom. The summed E-state index contributed by atoms with van der Waals surface area (Å²) in [6.07, 6.45) is 1.36. The molecule has 0 aliphatic carbocycles. The SMILES string of the molecule is Cc1cc(C)c2nc(-c3[nH]ncc3NC(=O)c3c(F)cccc3F)[nH]c2c1. The number of carbonyl (C=O) groups is 1. The van der Waals surface area contributed by atoms with Crippen molar-refractivity contribution in [3.05, 3.63) is 64.9 Å². The van der Waals surface area contributed by atoms with Crippen molar-refractivity contribution in [2.24, 2.45) is 0 Å². The summed E-state index contributed by atoms with van der Waals surface area (Å²) in [7, 11) is 0. The molecule has 0 saturated carbocycles. The first-order chi connectivity index (χ1) is 12.9. The van der Waals surface area contributed by atoms with Crippen LogP contribution in [0.1, 0.15) is 21.5 Å². The van der Waals surface area contributed by atoms with Crippen LogP contribution in [0.4, 0.5) is 14.5 Å². The summed E-state index contributed by atoms with van der Waals surface area (Å²) in [6, 6.07) is 7.23. The molecule has 0 saturated heterocycles. The van der Waals surface area contributed by atoms with Gasteiger partial charge in [0, 0.05) is 0 Å². The van der Waals surface area contributed by atoms with Crippen LogP contribution in [0, 0.1) is 25.5 Å². The molecule has 0 unspecified atom stereocenters. The van der Waals surface area contributed by atoms with Crippen LogP contribution in [0.15, 0.2) is 36.5 Å². The number of hydrogen-bond acceptors (Lipinski definition) is 3. The zero-order chi connectivity index (χ0) is 19.1. The van der Waals surface area contributed by atoms with Gasteiger partial charge < -0.3 is 10.3 Å². The first-order valence-corrected chi connectivity index (χ1v) is 8.20. The van der Waals surface area contributed by atoms with Crippen LogP contribution >= 0.6 is 0 Å². The van der Waals surface area contributed by atoms with Gasteiger partial charge >= 0.3 is 0 Å². The highest BCUT2D eigenvalue weighted by molar-refractivity contribution is 6.06. The highest BCUT2D eigenvalue weighted by Gasteiger charge is 2.20. The molecule has 0 atom stereocenters. The van der Waals surface area contributed by atoms with Crippen LogP contribution in [-0.4, -0.2) is 26.1 Å². The van der Waals surface area contributed by atoms with E-state index in [9.17, 15) is 13.6 Å². The van der Waals surface area contributed by atoms with Crippen LogP contribution in [0.5, 0.6) is 0 Å². The maximum atomic E-state index is 13.8. The number of hydrogen-bond donors (Lipinski definition) is 3. The van der Waals surface area contributed by atoms with Crippen molar-refractivity contribution in [1.29, 1.82) is 0 Å². The molecule has 2 aromatic heterocycles. The second-order valence-electron chi connectivity index (χ2n) is 6.27. The number of fused-ring (bicyclic) bond motifs is 1. The fraction of sp³-hybridized carbons (Fsp3) is 0.105. The number of amides is 1. The Bertz CT molecular complexity index is 1160. The first-order valence-electron chi connectivity index (χ1n) is 8.20. The average Bonchev–Trinajstić information content (AvgIpc) is 3.21. The number of nitrogens with zero attached hydrogens (tertiary/aromatic N) is 2. The van der Waals surface area contributed by atoms with E-state index in [0.717, 1.165) is 34.3 Å². The van der Waals surface area contributed by atoms with E-state index in [1.165, 1.54) is 12.3 Å². The van der Waals surface area contributed by atoms with E-state index in [4.69, 9.17) is 0 Å². The average molecular weight is 367 g/mol. The Morgan fingerprint density at radius 3 is 2.63 bits per heavy atom. The minimum absolute atomic E-state index is 0.260. The van der Waals surface area contributed by atoms with Gasteiger partial charge in [0.15, 0.2) is 5.82 Å². The molecule has 2 heterocycles. The highest BCUT2D eigenvalue weighted by atomic mass is 19.1. The summed E-state index contributed by atoms with van der Waals surface area (Å²) in [4.78, 5) is 20.1. The molecule has 0 aliphatic heterocycles. The Labute approximate surface area is 152 Å². The fourth-order valence-electron chi connectivity index (χ4n) is 3.05. The number of benzene rings is 2. The van der Waals surface area contributed by atoms with E-state index in [0.29, 0.717) is 11.5 Å². The van der Waals surface area contributed by atoms with Gasteiger partial charge in [0.25, 0.3) is 5.91 Å². The van der Waals surface area contributed by atoms with Crippen molar-refractivity contribution < 1.29 is 13.6 Å². The molecular weight excluding hydrogens is 352 g/mol. The number of H-pyrrole nitrogens is 2. The third-order valence-corrected chi connectivity index (χ3v) is 4.24. The molecule has 0 fully saturated rings. The summed E-state index contributed by atoms with van der Waals surface area (Å²) in [5.74, 6) is -2.32. The van der Waals surface area contributed by atoms with Crippen LogP contribution in [-0.2, 0) is 0 Å². The van der Waals surface area contributed by atoms with Gasteiger partial charge in [0.2, 0.25) is 0 Å². The summed E-state index contributed by atoms with van der Waals surface area (Å²) >= 11 is 0. The molecule has 8 heteroatoms. The number of rotatable bonds is 3. The minimum Gasteiger partial charge on any atom is -0.337 e. The van der Waals surface area contributed by atoms with E-state index in [1.807, 2.05) is 26.0 Å². The molecule has 3 N–H and O–H groups in total. The van der Waals surface area contributed by atoms with Gasteiger partial charge in [-0.25, -0.2) is 13.8 Å². The molecule has 4 aromatic rings. The monoisotopic (exact) mass is 367 g/mol. The lowest BCUT2D eigenvalue weighted by atomic mass is 10.1. The van der Waals surface area contributed by atoms with Gasteiger partial charge in [0.05, 0.1) is 22.9 Å². The van der Waals surface area contributed by atoms with Crippen molar-refractivity contribution in [3.8, 4) is 11.5 Å². The fourth-order valence-corrected chi connectivity index (χ4v) is 3.05. The van der Waals surface area contributed by atoms with Crippen molar-refractivity contribution in [3.63, 3.8) is 0 Å². The van der Waals surface area contributed by atoms with Gasteiger partial charge in [-0.2, -0.15) is 5.10 Å². The maximum absolute atomic E-state index is 13.8. The van der Waals surface area contributed by atoms with Gasteiger partial charge in [-0.15, -0.1) is 0 Å². The molecule has 0 aliphatic rings. The molecule has 0 bridgehead atoms. The predicted molar refractivity (Wildman–Crippen MR) is 97.5 cm³/mol. The number of nitrogens with one attached hydrogen (secondary N) is 3. The first kappa shape index (κ1) is 16.9. The number of imidazole rings is 1. The zero-order valence-corrected chi connectivity index (χ0v) is 14.5. The Kier molecular flexibility index (Phi) is 3.95. The lowest BCUT2D eigenvalue weighted by Crippen LogP contribution is -2.16. The molecule has 0 radical (unpaired) electrons. The number of anilines is 1. The van der Waals surface area contributed by atoms with Gasteiger partial charge in [-0.1, -0.05) is 12.1 Å². The molecule has 4 rings (SSSR count). The second-order valence-corrected chi connectivity index (χ2v) is 6.27. The molecule has 2 aromatic carbocycles. The Hall–Kier alpha value is -3.55. The van der Waals surface area contributed by atoms with E-state index in [1.54, 1.807) is 0 Å². The van der Waals surface area contributed by atoms with Gasteiger partial charge in [-0.3, -0.25) is 9.89 Å². The third kappa shape index (κ3) is 2.95. The van der Waals surface area contributed by atoms with Crippen molar-refractivity contribution in [2.45, 2.75) is 13.8 Å². The predicted octanol–water partition coefficient (Wildman–Crippen LogP) is 4.10. The number of aromatic amines is 2. The zero-order valence-electron chi connectivity index (χ0n) is 14.5. The number of carbonyl (C=O) groups excluding carboxylic acids is 1. The number of aryl methyl sites for hydroxylation is 2. The van der Waals surface area contributed by atoms with Crippen molar-refractivity contribution >= 4 is 22.6 Å². The van der Waals surface area contributed by atoms with E-state index in [-0.39, 0.29) is 5.69 Å². The smallest absolute Gasteiger partial charge is 0.261 e. The van der Waals surface area contributed by atoms with Crippen LogP contribution in [0.2, 0.25) is 0 Å². The minimum atomic E-state index is -0.938. The summed E-state index contributed by atoms with van der Waals surface area (Å²) in [6.45, 7) is 3.94. The maximum Gasteiger partial charge on any atom is 0.261 e. The van der Waals surface area contributed by atoms with Crippen LogP contribution < -0.4 is 5.32 Å². The van der Waals surface area contributed by atoms with Crippen LogP contribution in [0.3, 0.4) is 0 Å². The Balaban J connectivity index is 1.72. The third-order valence-electron chi connectivity index (χ3n) is 4.24. The van der Waals surface area contributed by atoms with E-state index < -0.39 is 23.1 Å². The van der Waals surface area contributed by atoms with Crippen LogP contribution in [0.25, 0.3) is 22.6 Å². The summed E-state index contributed by atoms with van der Waals surface area (Å²) in [5, 5.41) is 9.15. The molecule has 6 nitrogen and oxygen atoms in total. The molecule has 0 spiro atoms. The molecule has 1 amide bonds. The Morgan fingerprint density at radius 2 is 1.89 bits per heavy atom. The summed E-state index contributed by atoms with van der Waals surface area (Å²) < 4.78 is 27.7. The second kappa shape index (κ2) is 6.31. The van der Waals surface area contributed by atoms with Crippen molar-refractivity contribution in [1.82, 2.24) is 20.2 Å². The van der Waals surface area contributed by atoms with E-state index in [2.05, 4.69) is 25.5 Å². The highest BCUT2D eigenvalue weighted by Crippen LogP contribution is 2.28. The largest absolute Gasteiger partial charge is 0.337 e. The quantitative estimate of drug-likeness (QED) is 0.509. The summed E-state index contributed by atoms with van der Waals surface area (Å²) in [5.41, 5.74) is 3.75. The molecule has 27 heavy (non-hydrogen) atoms. The molecule has 136 valence electrons. The van der Waals surface area contributed by atoms with Gasteiger partial charge in [0.1, 0.15) is 22.9 Å². The standard InChI is InChI=1S/C19H15F2N5O/c1-9-6-10(2)16-13(7-9)23-18(25-16)17-14(8-22-26-17)24-19(27)15-11(20)4-3-5-12(15)21/h3-8H,1-2H3,(H,22,26)(H,23,25)(H,24,27). The lowest BCUT2D eigenvalue weighted by molar-refractivity contribution is 0.101.